The zero-order chi connectivity index (χ0) is 36.6. The minimum absolute atomic E-state index is 0.0547. The number of fused-ring (bicyclic) bond motifs is 2. The molecule has 2 bridgehead atoms. The van der Waals surface area contributed by atoms with Crippen LogP contribution in [0.4, 0.5) is 4.79 Å². The maximum absolute atomic E-state index is 13.9. The van der Waals surface area contributed by atoms with Crippen molar-refractivity contribution in [3.63, 3.8) is 0 Å². The summed E-state index contributed by atoms with van der Waals surface area (Å²) in [6, 6.07) is -1.19. The predicted molar refractivity (Wildman–Crippen MR) is 165 cm³/mol. The molecule has 15 heteroatoms. The smallest absolute Gasteiger partial charge is 0.408 e. The van der Waals surface area contributed by atoms with Crippen LogP contribution in [-0.4, -0.2) is 101 Å². The van der Waals surface area contributed by atoms with Crippen molar-refractivity contribution in [1.82, 2.24) is 5.32 Å². The van der Waals surface area contributed by atoms with E-state index >= 15 is 0 Å². The number of carbonyl (C=O) groups excluding carboxylic acids is 6. The molecule has 0 unspecified atom stereocenters. The zero-order valence-electron chi connectivity index (χ0n) is 29.1. The van der Waals surface area contributed by atoms with Crippen LogP contribution in [-0.2, 0) is 52.4 Å². The normalized spacial score (nSPS) is 38.2. The van der Waals surface area contributed by atoms with Crippen LogP contribution in [0.25, 0.3) is 0 Å². The number of ether oxygens (including phenoxy) is 6. The van der Waals surface area contributed by atoms with Crippen molar-refractivity contribution in [2.24, 2.45) is 28.6 Å². The maximum atomic E-state index is 13.9. The van der Waals surface area contributed by atoms with Gasteiger partial charge in [0.2, 0.25) is 11.7 Å². The van der Waals surface area contributed by atoms with Crippen LogP contribution >= 0.6 is 0 Å². The van der Waals surface area contributed by atoms with Crippen LogP contribution in [0.2, 0.25) is 0 Å². The molecule has 5 rings (SSSR count). The second-order valence-corrected chi connectivity index (χ2v) is 15.3. The molecule has 3 aliphatic carbocycles. The van der Waals surface area contributed by atoms with E-state index in [0.29, 0.717) is 11.1 Å². The number of amides is 1. The van der Waals surface area contributed by atoms with Gasteiger partial charge in [-0.1, -0.05) is 12.5 Å². The van der Waals surface area contributed by atoms with Gasteiger partial charge in [-0.25, -0.2) is 24.0 Å². The number of hydrogen-bond acceptors (Lipinski definition) is 14. The number of hydrogen-bond donors (Lipinski definition) is 3. The molecule has 1 amide bonds. The molecule has 2 aliphatic heterocycles. The van der Waals surface area contributed by atoms with Crippen LogP contribution in [0.3, 0.4) is 0 Å². The van der Waals surface area contributed by atoms with Gasteiger partial charge in [-0.05, 0) is 71.8 Å². The Morgan fingerprint density at radius 2 is 1.76 bits per heavy atom. The Morgan fingerprint density at radius 3 is 2.35 bits per heavy atom. The van der Waals surface area contributed by atoms with E-state index in [2.05, 4.69) is 5.32 Å². The number of alkyl carbamates (subject to hydrolysis) is 1. The van der Waals surface area contributed by atoms with E-state index in [1.54, 1.807) is 48.5 Å². The van der Waals surface area contributed by atoms with E-state index in [1.807, 2.05) is 0 Å². The quantitative estimate of drug-likeness (QED) is 0.204. The van der Waals surface area contributed by atoms with Gasteiger partial charge in [0.05, 0.1) is 25.7 Å². The molecular weight excluding hydrogens is 646 g/mol. The van der Waals surface area contributed by atoms with Crippen molar-refractivity contribution >= 4 is 35.8 Å². The van der Waals surface area contributed by atoms with Crippen LogP contribution in [0.1, 0.15) is 68.2 Å². The molecule has 11 atom stereocenters. The third-order valence-corrected chi connectivity index (χ3v) is 10.8. The summed E-state index contributed by atoms with van der Waals surface area (Å²) in [7, 11) is 1.07. The molecule has 15 nitrogen and oxygen atoms in total. The van der Waals surface area contributed by atoms with Gasteiger partial charge in [-0.2, -0.15) is 0 Å². The number of aliphatic hydroxyl groups excluding tert-OH is 2. The van der Waals surface area contributed by atoms with Gasteiger partial charge in [0.1, 0.15) is 23.9 Å². The standard InChI is InChI=1S/C34H45NO14/c1-14(2)10-20(37)47-23-25-33-13-45-34(25,29(42)44-9)26(39)21(38)24(33)32(8)12-18(36)22(15(3)17(32)11-19(33)46-28(23)41)48-27(40)16(4)35-30(43)49-31(5,6)7/h10,16-17,19,21,23-26,38-39H,11-13H2,1-9H3,(H,35,43)/t16-,17-,19+,21+,23+,24+,25+,26-,32-,33+,34-/m0/s1. The lowest BCUT2D eigenvalue weighted by atomic mass is 9.38. The Bertz CT molecular complexity index is 1540. The first kappa shape index (κ1) is 36.5. The molecule has 3 N–H and O–H groups in total. The number of esters is 4. The van der Waals surface area contributed by atoms with E-state index in [1.165, 1.54) is 6.92 Å². The Balaban J connectivity index is 1.56. The minimum Gasteiger partial charge on any atom is -0.467 e. The van der Waals surface area contributed by atoms with E-state index in [9.17, 15) is 39.0 Å². The number of methoxy groups -OCH3 is 1. The number of rotatable bonds is 6. The lowest BCUT2D eigenvalue weighted by Crippen LogP contribution is -2.79. The number of allylic oxidation sites excluding steroid dienone is 3. The average Bonchev–Trinajstić information content (AvgIpc) is 3.28. The zero-order valence-corrected chi connectivity index (χ0v) is 29.1. The SMILES string of the molecule is COC(=O)[C@@]12OC[C@]34[C@H]([C@@H](O)[C@@H]1O)[C@@]1(C)CC(=O)C(OC(=O)[C@H](C)NC(=O)OC(C)(C)C)=C(C)[C@@H]1C[C@H]3OC(=O)[C@H](OC(=O)C=C(C)C)[C@@H]24. The van der Waals surface area contributed by atoms with Crippen LogP contribution in [0.5, 0.6) is 0 Å². The molecule has 270 valence electrons. The molecule has 0 radical (unpaired) electrons. The van der Waals surface area contributed by atoms with E-state index in [0.717, 1.165) is 13.2 Å². The number of aliphatic hydroxyl groups is 2. The summed E-state index contributed by atoms with van der Waals surface area (Å²) >= 11 is 0. The first-order valence-corrected chi connectivity index (χ1v) is 16.2. The van der Waals surface area contributed by atoms with Crippen molar-refractivity contribution in [2.75, 3.05) is 13.7 Å². The largest absolute Gasteiger partial charge is 0.467 e. The third kappa shape index (κ3) is 5.53. The van der Waals surface area contributed by atoms with Crippen LogP contribution < -0.4 is 5.32 Å². The van der Waals surface area contributed by atoms with Crippen LogP contribution in [0, 0.1) is 28.6 Å². The van der Waals surface area contributed by atoms with Gasteiger partial charge in [0.15, 0.2) is 11.5 Å². The second-order valence-electron chi connectivity index (χ2n) is 15.3. The summed E-state index contributed by atoms with van der Waals surface area (Å²) in [5.74, 6) is -7.73. The van der Waals surface area contributed by atoms with Crippen molar-refractivity contribution in [1.29, 1.82) is 0 Å². The number of nitrogens with one attached hydrogen (secondary N) is 1. The molecule has 4 fully saturated rings. The van der Waals surface area contributed by atoms with Crippen molar-refractivity contribution in [2.45, 2.75) is 110 Å². The monoisotopic (exact) mass is 691 g/mol. The molecule has 0 aromatic heterocycles. The first-order valence-electron chi connectivity index (χ1n) is 16.2. The lowest BCUT2D eigenvalue weighted by Gasteiger charge is -2.67. The summed E-state index contributed by atoms with van der Waals surface area (Å²) in [5, 5.41) is 26.1. The van der Waals surface area contributed by atoms with Gasteiger partial charge < -0.3 is 44.0 Å². The maximum Gasteiger partial charge on any atom is 0.408 e. The molecule has 2 saturated heterocycles. The van der Waals surface area contributed by atoms with Gasteiger partial charge in [-0.15, -0.1) is 0 Å². The van der Waals surface area contributed by atoms with Crippen molar-refractivity contribution < 1.29 is 67.4 Å². The number of Topliss-reactive ketones (excluding diaryl/α,β-unsaturated/α-hetero) is 1. The summed E-state index contributed by atoms with van der Waals surface area (Å²) in [6.07, 6.45) is -6.34. The fourth-order valence-electron chi connectivity index (χ4n) is 9.11. The molecule has 0 aromatic rings. The van der Waals surface area contributed by atoms with Gasteiger partial charge >= 0.3 is 30.0 Å². The minimum atomic E-state index is -2.30. The molecular formula is C34H45NO14. The van der Waals surface area contributed by atoms with Crippen molar-refractivity contribution in [3.8, 4) is 0 Å². The highest BCUT2D eigenvalue weighted by Gasteiger charge is 2.85. The molecule has 5 aliphatic rings. The molecule has 2 heterocycles. The highest BCUT2D eigenvalue weighted by molar-refractivity contribution is 5.99. The number of carbonyl (C=O) groups is 6. The van der Waals surface area contributed by atoms with E-state index < -0.39 is 106 Å². The predicted octanol–water partition coefficient (Wildman–Crippen LogP) is 1.42. The summed E-state index contributed by atoms with van der Waals surface area (Å²) < 4.78 is 33.6. The summed E-state index contributed by atoms with van der Waals surface area (Å²) in [5.41, 5.74) is -4.79. The highest BCUT2D eigenvalue weighted by Crippen LogP contribution is 2.72. The van der Waals surface area contributed by atoms with Gasteiger partial charge in [0.25, 0.3) is 0 Å². The fraction of sp³-hybridized carbons (Fsp3) is 0.706. The average molecular weight is 692 g/mol. The molecule has 1 spiro atoms. The summed E-state index contributed by atoms with van der Waals surface area (Å²) in [6.45, 7) is 12.7. The Kier molecular flexibility index (Phi) is 9.08. The highest BCUT2D eigenvalue weighted by atomic mass is 16.6. The molecule has 49 heavy (non-hydrogen) atoms. The third-order valence-electron chi connectivity index (χ3n) is 10.8. The first-order chi connectivity index (χ1) is 22.6. The Morgan fingerprint density at radius 1 is 1.10 bits per heavy atom. The van der Waals surface area contributed by atoms with Crippen LogP contribution in [0.15, 0.2) is 23.0 Å². The summed E-state index contributed by atoms with van der Waals surface area (Å²) in [4.78, 5) is 79.3. The van der Waals surface area contributed by atoms with Gasteiger partial charge in [0, 0.05) is 23.8 Å². The Hall–Kier alpha value is -3.82. The number of ketones is 1. The topological polar surface area (TPSA) is 210 Å². The fourth-order valence-corrected chi connectivity index (χ4v) is 9.11. The van der Waals surface area contributed by atoms with E-state index in [4.69, 9.17) is 28.4 Å². The van der Waals surface area contributed by atoms with Crippen molar-refractivity contribution in [3.05, 3.63) is 23.0 Å². The molecule has 0 aromatic carbocycles. The molecule has 2 saturated carbocycles. The van der Waals surface area contributed by atoms with E-state index in [-0.39, 0.29) is 25.2 Å². The lowest BCUT2D eigenvalue weighted by molar-refractivity contribution is -0.290. The second kappa shape index (κ2) is 12.2. The Labute approximate surface area is 283 Å². The van der Waals surface area contributed by atoms with Gasteiger partial charge in [-0.3, -0.25) is 4.79 Å².